The molecule has 1 heterocycles. The first-order chi connectivity index (χ1) is 12.0. The van der Waals surface area contributed by atoms with Gasteiger partial charge in [-0.2, -0.15) is 0 Å². The van der Waals surface area contributed by atoms with Crippen LogP contribution in [0.25, 0.3) is 0 Å². The second-order valence-corrected chi connectivity index (χ2v) is 7.29. The fourth-order valence-electron chi connectivity index (χ4n) is 3.19. The predicted octanol–water partition coefficient (Wildman–Crippen LogP) is 2.46. The van der Waals surface area contributed by atoms with Crippen LogP contribution in [0.4, 0.5) is 10.5 Å². The van der Waals surface area contributed by atoms with E-state index >= 15 is 0 Å². The number of rotatable bonds is 6. The summed E-state index contributed by atoms with van der Waals surface area (Å²) in [5.41, 5.74) is 2.08. The molecule has 1 saturated heterocycles. The highest BCUT2D eigenvalue weighted by atomic mass is 16.2. The normalized spacial score (nSPS) is 19.8. The molecule has 1 atom stereocenters. The molecule has 0 radical (unpaired) electrons. The maximum atomic E-state index is 12.5. The summed E-state index contributed by atoms with van der Waals surface area (Å²) in [7, 11) is 0. The fraction of sp³-hybridized carbons (Fsp3) is 0.579. The molecule has 2 fully saturated rings. The average molecular weight is 344 g/mol. The highest BCUT2D eigenvalue weighted by Crippen LogP contribution is 2.22. The maximum Gasteiger partial charge on any atom is 0.318 e. The van der Waals surface area contributed by atoms with E-state index < -0.39 is 0 Å². The van der Waals surface area contributed by atoms with Gasteiger partial charge in [-0.05, 0) is 57.2 Å². The number of benzene rings is 1. The number of nitrogens with zero attached hydrogens (tertiary/aromatic N) is 1. The third-order valence-electron chi connectivity index (χ3n) is 4.57. The summed E-state index contributed by atoms with van der Waals surface area (Å²) in [4.78, 5) is 26.5. The van der Waals surface area contributed by atoms with Crippen LogP contribution in [0, 0.1) is 0 Å². The van der Waals surface area contributed by atoms with Crippen molar-refractivity contribution >= 4 is 17.6 Å². The van der Waals surface area contributed by atoms with Crippen LogP contribution in [-0.2, 0) is 11.3 Å². The first kappa shape index (κ1) is 17.6. The van der Waals surface area contributed by atoms with Crippen LogP contribution in [0.1, 0.15) is 45.1 Å². The van der Waals surface area contributed by atoms with Crippen molar-refractivity contribution < 1.29 is 9.59 Å². The van der Waals surface area contributed by atoms with Crippen LogP contribution in [0.5, 0.6) is 0 Å². The van der Waals surface area contributed by atoms with Gasteiger partial charge in [-0.3, -0.25) is 4.79 Å². The van der Waals surface area contributed by atoms with E-state index in [1.165, 1.54) is 0 Å². The average Bonchev–Trinajstić information content (AvgIpc) is 3.24. The van der Waals surface area contributed by atoms with Crippen molar-refractivity contribution in [2.45, 2.75) is 64.2 Å². The Morgan fingerprint density at radius 2 is 2.04 bits per heavy atom. The summed E-state index contributed by atoms with van der Waals surface area (Å²) in [6.45, 7) is 5.28. The van der Waals surface area contributed by atoms with Crippen molar-refractivity contribution in [3.05, 3.63) is 29.8 Å². The molecule has 1 aromatic carbocycles. The molecule has 136 valence electrons. The van der Waals surface area contributed by atoms with E-state index in [0.717, 1.165) is 36.9 Å². The van der Waals surface area contributed by atoms with Gasteiger partial charge in [0.1, 0.15) is 6.04 Å². The van der Waals surface area contributed by atoms with Crippen LogP contribution in [-0.4, -0.2) is 41.5 Å². The molecule has 6 nitrogen and oxygen atoms in total. The first-order valence-electron chi connectivity index (χ1n) is 9.23. The van der Waals surface area contributed by atoms with Gasteiger partial charge in [0.15, 0.2) is 0 Å². The van der Waals surface area contributed by atoms with Gasteiger partial charge in [-0.25, -0.2) is 4.79 Å². The third-order valence-corrected chi connectivity index (χ3v) is 4.57. The molecule has 3 rings (SSSR count). The Morgan fingerprint density at radius 3 is 2.76 bits per heavy atom. The number of carbonyl (C=O) groups is 2. The quantitative estimate of drug-likeness (QED) is 0.742. The largest absolute Gasteiger partial charge is 0.383 e. The second-order valence-electron chi connectivity index (χ2n) is 7.29. The zero-order chi connectivity index (χ0) is 17.8. The van der Waals surface area contributed by atoms with Gasteiger partial charge in [0.2, 0.25) is 5.91 Å². The van der Waals surface area contributed by atoms with E-state index in [4.69, 9.17) is 0 Å². The van der Waals surface area contributed by atoms with E-state index in [2.05, 4.69) is 29.8 Å². The van der Waals surface area contributed by atoms with Crippen LogP contribution >= 0.6 is 0 Å². The standard InChI is InChI=1S/C19H28N4O2/c1-13(2)21-16-6-3-5-14(11-16)12-20-19(25)23-10-4-7-17(23)18(24)22-15-8-9-15/h3,5-6,11,13,15,17,21H,4,7-10,12H2,1-2H3,(H,20,25)(H,22,24). The zero-order valence-corrected chi connectivity index (χ0v) is 15.0. The number of likely N-dealkylation sites (tertiary alicyclic amines) is 1. The van der Waals surface area contributed by atoms with Crippen LogP contribution < -0.4 is 16.0 Å². The molecular weight excluding hydrogens is 316 g/mol. The fourth-order valence-corrected chi connectivity index (χ4v) is 3.19. The summed E-state index contributed by atoms with van der Waals surface area (Å²) < 4.78 is 0. The Hall–Kier alpha value is -2.24. The van der Waals surface area contributed by atoms with E-state index in [9.17, 15) is 9.59 Å². The Kier molecular flexibility index (Phi) is 5.46. The van der Waals surface area contributed by atoms with Gasteiger partial charge < -0.3 is 20.9 Å². The molecule has 25 heavy (non-hydrogen) atoms. The molecule has 0 aromatic heterocycles. The highest BCUT2D eigenvalue weighted by Gasteiger charge is 2.36. The van der Waals surface area contributed by atoms with Gasteiger partial charge in [0.25, 0.3) is 0 Å². The molecule has 1 saturated carbocycles. The number of amides is 3. The highest BCUT2D eigenvalue weighted by molar-refractivity contribution is 5.88. The smallest absolute Gasteiger partial charge is 0.318 e. The van der Waals surface area contributed by atoms with Crippen molar-refractivity contribution in [2.24, 2.45) is 0 Å². The van der Waals surface area contributed by atoms with Gasteiger partial charge in [0.05, 0.1) is 0 Å². The molecule has 3 amide bonds. The third kappa shape index (κ3) is 4.87. The minimum Gasteiger partial charge on any atom is -0.383 e. The number of hydrogen-bond donors (Lipinski definition) is 3. The summed E-state index contributed by atoms with van der Waals surface area (Å²) in [5.74, 6) is -0.00159. The Bertz CT molecular complexity index is 628. The molecule has 3 N–H and O–H groups in total. The van der Waals surface area contributed by atoms with Gasteiger partial charge in [0, 0.05) is 30.9 Å². The Morgan fingerprint density at radius 1 is 1.24 bits per heavy atom. The maximum absolute atomic E-state index is 12.5. The van der Waals surface area contributed by atoms with Crippen molar-refractivity contribution in [3.8, 4) is 0 Å². The molecule has 6 heteroatoms. The van der Waals surface area contributed by atoms with E-state index in [-0.39, 0.29) is 18.0 Å². The van der Waals surface area contributed by atoms with Crippen LogP contribution in [0.3, 0.4) is 0 Å². The summed E-state index contributed by atoms with van der Waals surface area (Å²) >= 11 is 0. The monoisotopic (exact) mass is 344 g/mol. The Balaban J connectivity index is 1.53. The minimum atomic E-state index is -0.324. The molecule has 1 unspecified atom stereocenters. The lowest BCUT2D eigenvalue weighted by Gasteiger charge is -2.24. The van der Waals surface area contributed by atoms with E-state index in [1.807, 2.05) is 24.3 Å². The van der Waals surface area contributed by atoms with Crippen molar-refractivity contribution in [2.75, 3.05) is 11.9 Å². The van der Waals surface area contributed by atoms with Gasteiger partial charge in [-0.1, -0.05) is 12.1 Å². The molecule has 0 spiro atoms. The first-order valence-corrected chi connectivity index (χ1v) is 9.23. The van der Waals surface area contributed by atoms with Crippen LogP contribution in [0.15, 0.2) is 24.3 Å². The summed E-state index contributed by atoms with van der Waals surface area (Å²) in [6.07, 6.45) is 3.75. The van der Waals surface area contributed by atoms with Gasteiger partial charge >= 0.3 is 6.03 Å². The number of carbonyl (C=O) groups excluding carboxylic acids is 2. The number of nitrogens with one attached hydrogen (secondary N) is 3. The van der Waals surface area contributed by atoms with Gasteiger partial charge in [-0.15, -0.1) is 0 Å². The number of urea groups is 1. The van der Waals surface area contributed by atoms with E-state index in [1.54, 1.807) is 4.90 Å². The lowest BCUT2D eigenvalue weighted by atomic mass is 10.2. The summed E-state index contributed by atoms with van der Waals surface area (Å²) in [5, 5.41) is 9.32. The number of hydrogen-bond acceptors (Lipinski definition) is 3. The topological polar surface area (TPSA) is 73.5 Å². The number of anilines is 1. The molecule has 0 bridgehead atoms. The molecule has 1 aliphatic heterocycles. The van der Waals surface area contributed by atoms with E-state index in [0.29, 0.717) is 25.2 Å². The lowest BCUT2D eigenvalue weighted by molar-refractivity contribution is -0.124. The minimum absolute atomic E-state index is 0.00159. The molecule has 1 aromatic rings. The summed E-state index contributed by atoms with van der Waals surface area (Å²) in [6, 6.07) is 8.24. The lowest BCUT2D eigenvalue weighted by Crippen LogP contribution is -2.49. The Labute approximate surface area is 149 Å². The molecular formula is C19H28N4O2. The SMILES string of the molecule is CC(C)Nc1cccc(CNC(=O)N2CCCC2C(=O)NC2CC2)c1. The van der Waals surface area contributed by atoms with Crippen molar-refractivity contribution in [1.82, 2.24) is 15.5 Å². The zero-order valence-electron chi connectivity index (χ0n) is 15.0. The van der Waals surface area contributed by atoms with Crippen molar-refractivity contribution in [3.63, 3.8) is 0 Å². The van der Waals surface area contributed by atoms with Crippen LogP contribution in [0.2, 0.25) is 0 Å². The molecule has 1 aliphatic carbocycles. The predicted molar refractivity (Wildman–Crippen MR) is 98.3 cm³/mol. The van der Waals surface area contributed by atoms with Crippen molar-refractivity contribution in [1.29, 1.82) is 0 Å². The second kappa shape index (κ2) is 7.76. The molecule has 2 aliphatic rings.